The normalized spacial score (nSPS) is 46.4. The number of nitrogens with zero attached hydrogens (tertiary/aromatic N) is 1. The van der Waals surface area contributed by atoms with E-state index in [0.29, 0.717) is 6.42 Å². The van der Waals surface area contributed by atoms with Crippen molar-refractivity contribution in [3.05, 3.63) is 12.2 Å². The molecular formula is C39H67NO16. The van der Waals surface area contributed by atoms with E-state index in [1.165, 1.54) is 27.2 Å². The highest BCUT2D eigenvalue weighted by Crippen LogP contribution is 2.45. The summed E-state index contributed by atoms with van der Waals surface area (Å²) in [7, 11) is 6.41. The number of aliphatic hydroxyl groups is 6. The lowest BCUT2D eigenvalue weighted by molar-refractivity contribution is -0.305. The molecule has 17 heteroatoms. The van der Waals surface area contributed by atoms with Gasteiger partial charge in [-0.25, -0.2) is 0 Å². The second kappa shape index (κ2) is 20.1. The molecule has 0 amide bonds. The Balaban J connectivity index is 1.68. The molecule has 2 unspecified atom stereocenters. The zero-order chi connectivity index (χ0) is 41.8. The summed E-state index contributed by atoms with van der Waals surface area (Å²) in [4.78, 5) is 29.2. The number of cyclic esters (lactones) is 1. The maximum absolute atomic E-state index is 13.8. The van der Waals surface area contributed by atoms with Crippen molar-refractivity contribution in [2.75, 3.05) is 34.9 Å². The van der Waals surface area contributed by atoms with Crippen molar-refractivity contribution in [3.63, 3.8) is 0 Å². The van der Waals surface area contributed by atoms with Gasteiger partial charge >= 0.3 is 5.97 Å². The molecule has 19 atom stereocenters. The Morgan fingerprint density at radius 3 is 2.12 bits per heavy atom. The highest BCUT2D eigenvalue weighted by molar-refractivity contribution is 5.91. The highest BCUT2D eigenvalue weighted by Gasteiger charge is 2.57. The third-order valence-corrected chi connectivity index (χ3v) is 12.1. The zero-order valence-corrected chi connectivity index (χ0v) is 34.4. The molecule has 0 aromatic rings. The summed E-state index contributed by atoms with van der Waals surface area (Å²) >= 11 is 0. The number of esters is 1. The summed E-state index contributed by atoms with van der Waals surface area (Å²) in [6.07, 6.45) is -11.8. The largest absolute Gasteiger partial charge is 0.462 e. The Kier molecular flexibility index (Phi) is 16.8. The van der Waals surface area contributed by atoms with Crippen molar-refractivity contribution < 1.29 is 78.1 Å². The molecule has 0 aromatic heterocycles. The van der Waals surface area contributed by atoms with Crippen LogP contribution in [0.25, 0.3) is 0 Å². The van der Waals surface area contributed by atoms with Gasteiger partial charge < -0.3 is 73.4 Å². The molecule has 4 heterocycles. The molecule has 3 fully saturated rings. The van der Waals surface area contributed by atoms with Gasteiger partial charge in [0.25, 0.3) is 0 Å². The number of ether oxygens (including phenoxy) is 8. The van der Waals surface area contributed by atoms with Crippen LogP contribution in [0.4, 0.5) is 0 Å². The van der Waals surface area contributed by atoms with E-state index < -0.39 is 134 Å². The number of methoxy groups -OCH3 is 2. The smallest absolute Gasteiger partial charge is 0.308 e. The molecule has 0 aromatic carbocycles. The molecule has 0 radical (unpaired) electrons. The van der Waals surface area contributed by atoms with E-state index in [-0.39, 0.29) is 25.2 Å². The van der Waals surface area contributed by atoms with Crippen LogP contribution in [0.1, 0.15) is 67.2 Å². The number of likely N-dealkylation sites (N-methyl/N-ethyl adjacent to an activating group) is 1. The van der Waals surface area contributed by atoms with Crippen LogP contribution in [0.5, 0.6) is 0 Å². The minimum Gasteiger partial charge on any atom is -0.462 e. The zero-order valence-electron chi connectivity index (χ0n) is 34.4. The van der Waals surface area contributed by atoms with Crippen molar-refractivity contribution in [3.8, 4) is 0 Å². The van der Waals surface area contributed by atoms with Crippen LogP contribution in [0, 0.1) is 23.7 Å². The fourth-order valence-electron chi connectivity index (χ4n) is 8.34. The second-order valence-corrected chi connectivity index (χ2v) is 16.5. The van der Waals surface area contributed by atoms with Crippen molar-refractivity contribution >= 4 is 11.8 Å². The number of allylic oxidation sites excluding steroid dienone is 1. The van der Waals surface area contributed by atoms with Gasteiger partial charge in [-0.1, -0.05) is 20.8 Å². The monoisotopic (exact) mass is 805 g/mol. The SMILES string of the molecule is CC[C@H]1OC(=O)C[C@@H](O)[C@H](C)[C@@H](O[C@@H]2O[C@H](C)[C@@H](O)[C@H](N(C)C)[C@H]2O)[C@@H](CC(OC)OC)C[C@@H](C)C(=O)/C=C/C2(C)OC2[C@@H]1CO[C@@H]1O[C@H](C)[C@@H](O)[C@@H](O)[C@H]1O. The molecule has 17 nitrogen and oxygen atoms in total. The van der Waals surface area contributed by atoms with Gasteiger partial charge in [0, 0.05) is 38.4 Å². The van der Waals surface area contributed by atoms with Crippen LogP contribution >= 0.6 is 0 Å². The maximum Gasteiger partial charge on any atom is 0.308 e. The van der Waals surface area contributed by atoms with Crippen LogP contribution in [0.15, 0.2) is 12.2 Å². The average molecular weight is 806 g/mol. The van der Waals surface area contributed by atoms with Crippen molar-refractivity contribution in [2.45, 2.75) is 165 Å². The first kappa shape index (κ1) is 47.0. The third-order valence-electron chi connectivity index (χ3n) is 12.1. The molecule has 4 rings (SSSR count). The number of hydrogen-bond acceptors (Lipinski definition) is 17. The fourth-order valence-corrected chi connectivity index (χ4v) is 8.34. The first-order valence-electron chi connectivity index (χ1n) is 19.8. The van der Waals surface area contributed by atoms with Crippen molar-refractivity contribution in [1.82, 2.24) is 4.90 Å². The van der Waals surface area contributed by atoms with Gasteiger partial charge in [0.1, 0.15) is 36.1 Å². The number of fused-ring (bicyclic) bond motifs is 1. The lowest BCUT2D eigenvalue weighted by Gasteiger charge is -2.47. The third kappa shape index (κ3) is 10.9. The Bertz CT molecular complexity index is 1300. The number of epoxide rings is 1. The second-order valence-electron chi connectivity index (χ2n) is 16.5. The van der Waals surface area contributed by atoms with Crippen molar-refractivity contribution in [2.24, 2.45) is 23.7 Å². The van der Waals surface area contributed by atoms with Gasteiger partial charge in [-0.05, 0) is 65.8 Å². The Morgan fingerprint density at radius 1 is 0.893 bits per heavy atom. The summed E-state index contributed by atoms with van der Waals surface area (Å²) in [6, 6.07) is -0.745. The minimum absolute atomic E-state index is 0.150. The predicted octanol–water partition coefficient (Wildman–Crippen LogP) is -0.115. The predicted molar refractivity (Wildman–Crippen MR) is 198 cm³/mol. The van der Waals surface area contributed by atoms with Crippen LogP contribution < -0.4 is 0 Å². The number of carbonyl (C=O) groups excluding carboxylic acids is 2. The topological polar surface area (TPSA) is 236 Å². The molecule has 3 saturated heterocycles. The average Bonchev–Trinajstić information content (AvgIpc) is 3.83. The molecule has 6 N–H and O–H groups in total. The van der Waals surface area contributed by atoms with Gasteiger partial charge in [0.2, 0.25) is 0 Å². The summed E-state index contributed by atoms with van der Waals surface area (Å²) in [6.45, 7) is 10.1. The summed E-state index contributed by atoms with van der Waals surface area (Å²) < 4.78 is 47.5. The van der Waals surface area contributed by atoms with E-state index in [1.54, 1.807) is 52.8 Å². The molecule has 0 aliphatic carbocycles. The summed E-state index contributed by atoms with van der Waals surface area (Å²) in [5, 5.41) is 65.1. The van der Waals surface area contributed by atoms with Gasteiger partial charge in [-0.2, -0.15) is 0 Å². The molecule has 56 heavy (non-hydrogen) atoms. The van der Waals surface area contributed by atoms with Crippen LogP contribution in [0.3, 0.4) is 0 Å². The Hall–Kier alpha value is -1.68. The molecule has 4 aliphatic rings. The fraction of sp³-hybridized carbons (Fsp3) is 0.897. The molecule has 0 saturated carbocycles. The number of hydrogen-bond donors (Lipinski definition) is 6. The molecule has 0 spiro atoms. The summed E-state index contributed by atoms with van der Waals surface area (Å²) in [5.74, 6) is -3.48. The number of aliphatic hydroxyl groups excluding tert-OH is 6. The van der Waals surface area contributed by atoms with Gasteiger partial charge in [0.15, 0.2) is 24.7 Å². The van der Waals surface area contributed by atoms with Gasteiger partial charge in [-0.3, -0.25) is 9.59 Å². The number of rotatable bonds is 11. The van der Waals surface area contributed by atoms with E-state index >= 15 is 0 Å². The number of carbonyl (C=O) groups is 2. The van der Waals surface area contributed by atoms with E-state index in [2.05, 4.69) is 0 Å². The lowest BCUT2D eigenvalue weighted by atomic mass is 9.79. The quantitative estimate of drug-likeness (QED) is 0.0908. The molecular weight excluding hydrogens is 738 g/mol. The maximum atomic E-state index is 13.8. The Labute approximate surface area is 330 Å². The van der Waals surface area contributed by atoms with E-state index in [0.717, 1.165) is 0 Å². The van der Waals surface area contributed by atoms with Crippen LogP contribution in [-0.2, 0) is 47.5 Å². The van der Waals surface area contributed by atoms with Crippen molar-refractivity contribution in [1.29, 1.82) is 0 Å². The first-order chi connectivity index (χ1) is 26.3. The summed E-state index contributed by atoms with van der Waals surface area (Å²) in [5.41, 5.74) is -0.954. The van der Waals surface area contributed by atoms with Gasteiger partial charge in [0.05, 0.1) is 55.7 Å². The number of ketones is 1. The molecule has 0 bridgehead atoms. The highest BCUT2D eigenvalue weighted by atomic mass is 16.7. The van der Waals surface area contributed by atoms with E-state index in [9.17, 15) is 40.2 Å². The van der Waals surface area contributed by atoms with E-state index in [1.807, 2.05) is 6.92 Å². The first-order valence-corrected chi connectivity index (χ1v) is 19.8. The standard InChI is InChI=1S/C39H67NO16/c1-11-26-23(17-51-37-34(48)33(47)31(45)21(5)52-37)36-39(6,56-36)13-12-24(41)18(2)14-22(15-28(49-9)50-10)35(19(3)25(42)16-27(43)54-26)55-38-32(46)29(40(7)8)30(44)20(4)53-38/h12-13,18-23,25-26,28-38,42,44-48H,11,14-17H2,1-10H3/b13-12+/t18-,19+,20-,21-,22-,23-,25-,26-,29+,30-,31-,32-,33-,34-,35-,36?,37-,38+,39?/m1/s1. The minimum atomic E-state index is -1.55. The van der Waals surface area contributed by atoms with Gasteiger partial charge in [-0.15, -0.1) is 0 Å². The lowest BCUT2D eigenvalue weighted by Crippen LogP contribution is -2.63. The van der Waals surface area contributed by atoms with Crippen LogP contribution in [0.2, 0.25) is 0 Å². The van der Waals surface area contributed by atoms with E-state index in [4.69, 9.17) is 37.9 Å². The molecule has 324 valence electrons. The Morgan fingerprint density at radius 2 is 1.52 bits per heavy atom. The van der Waals surface area contributed by atoms with Crippen LogP contribution in [-0.4, -0.2) is 180 Å². The molecule has 4 aliphatic heterocycles.